The number of methoxy groups -OCH3 is 1. The molecule has 6 heteroatoms. The van der Waals surface area contributed by atoms with Crippen LogP contribution in [-0.2, 0) is 9.47 Å². The zero-order valence-electron chi connectivity index (χ0n) is 16.1. The maximum Gasteiger partial charge on any atom is 0.201 e. The molecule has 1 aliphatic rings. The molecule has 1 aliphatic heterocycles. The summed E-state index contributed by atoms with van der Waals surface area (Å²) in [6.07, 6.45) is 2.99. The second-order valence-corrected chi connectivity index (χ2v) is 6.94. The van der Waals surface area contributed by atoms with Gasteiger partial charge in [0, 0.05) is 18.2 Å². The van der Waals surface area contributed by atoms with Gasteiger partial charge in [0.15, 0.2) is 11.6 Å². The lowest BCUT2D eigenvalue weighted by Crippen LogP contribution is -2.26. The summed E-state index contributed by atoms with van der Waals surface area (Å²) in [4.78, 5) is 0. The lowest BCUT2D eigenvalue weighted by atomic mass is 9.96. The standard InChI is InChI=1S/C22H25F3O3/c1-3-4-11-27-20-10-8-17(21(24)22(20)25)16-7-5-14(12-18(16)23)19-9-6-15(26-2)13-28-19/h5,7-8,10,12,15,19H,3-4,6,9,11,13H2,1-2H3. The van der Waals surface area contributed by atoms with Crippen molar-refractivity contribution in [3.63, 3.8) is 0 Å². The molecule has 3 rings (SSSR count). The van der Waals surface area contributed by atoms with Gasteiger partial charge in [0.2, 0.25) is 5.82 Å². The molecule has 2 unspecified atom stereocenters. The molecule has 3 nitrogen and oxygen atoms in total. The molecule has 0 bridgehead atoms. The summed E-state index contributed by atoms with van der Waals surface area (Å²) >= 11 is 0. The Kier molecular flexibility index (Phi) is 6.97. The van der Waals surface area contributed by atoms with Crippen molar-refractivity contribution >= 4 is 0 Å². The van der Waals surface area contributed by atoms with Crippen LogP contribution in [0.1, 0.15) is 44.3 Å². The number of unbranched alkanes of at least 4 members (excludes halogenated alkanes) is 1. The van der Waals surface area contributed by atoms with Crippen molar-refractivity contribution < 1.29 is 27.4 Å². The summed E-state index contributed by atoms with van der Waals surface area (Å²) in [6, 6.07) is 7.17. The van der Waals surface area contributed by atoms with Crippen LogP contribution in [0.2, 0.25) is 0 Å². The van der Waals surface area contributed by atoms with E-state index in [1.165, 1.54) is 24.3 Å². The number of rotatable bonds is 7. The smallest absolute Gasteiger partial charge is 0.201 e. The summed E-state index contributed by atoms with van der Waals surface area (Å²) in [7, 11) is 1.64. The van der Waals surface area contributed by atoms with E-state index in [4.69, 9.17) is 14.2 Å². The van der Waals surface area contributed by atoms with E-state index >= 15 is 0 Å². The zero-order chi connectivity index (χ0) is 20.1. The second-order valence-electron chi connectivity index (χ2n) is 6.94. The minimum absolute atomic E-state index is 0.00540. The molecule has 28 heavy (non-hydrogen) atoms. The SMILES string of the molecule is CCCCOc1ccc(-c2ccc(C3CCC(OC)CO3)cc2F)c(F)c1F. The highest BCUT2D eigenvalue weighted by Crippen LogP contribution is 2.35. The van der Waals surface area contributed by atoms with E-state index in [9.17, 15) is 13.2 Å². The van der Waals surface area contributed by atoms with Crippen LogP contribution < -0.4 is 4.74 Å². The van der Waals surface area contributed by atoms with Crippen LogP contribution in [0.3, 0.4) is 0 Å². The van der Waals surface area contributed by atoms with Gasteiger partial charge >= 0.3 is 0 Å². The molecule has 2 atom stereocenters. The van der Waals surface area contributed by atoms with Gasteiger partial charge in [0.25, 0.3) is 0 Å². The largest absolute Gasteiger partial charge is 0.490 e. The molecule has 0 aromatic heterocycles. The minimum atomic E-state index is -1.11. The fourth-order valence-electron chi connectivity index (χ4n) is 3.30. The van der Waals surface area contributed by atoms with Gasteiger partial charge in [0.05, 0.1) is 25.4 Å². The Hall–Kier alpha value is -2.05. The van der Waals surface area contributed by atoms with Crippen molar-refractivity contribution in [1.29, 1.82) is 0 Å². The third-order valence-electron chi connectivity index (χ3n) is 5.02. The third-order valence-corrected chi connectivity index (χ3v) is 5.02. The molecule has 0 saturated carbocycles. The van der Waals surface area contributed by atoms with Gasteiger partial charge in [-0.05, 0) is 43.0 Å². The first-order chi connectivity index (χ1) is 13.5. The number of benzene rings is 2. The fraction of sp³-hybridized carbons (Fsp3) is 0.455. The van der Waals surface area contributed by atoms with Gasteiger partial charge < -0.3 is 14.2 Å². The average Bonchev–Trinajstić information content (AvgIpc) is 2.72. The van der Waals surface area contributed by atoms with Crippen molar-refractivity contribution in [3.8, 4) is 16.9 Å². The van der Waals surface area contributed by atoms with Crippen LogP contribution in [-0.4, -0.2) is 26.4 Å². The Bertz CT molecular complexity index is 802. The Balaban J connectivity index is 1.79. The summed E-state index contributed by atoms with van der Waals surface area (Å²) in [6.45, 7) is 2.73. The van der Waals surface area contributed by atoms with Crippen molar-refractivity contribution in [2.75, 3.05) is 20.3 Å². The van der Waals surface area contributed by atoms with Gasteiger partial charge in [-0.1, -0.05) is 25.5 Å². The predicted molar refractivity (Wildman–Crippen MR) is 101 cm³/mol. The summed E-state index contributed by atoms with van der Waals surface area (Å²) in [5.41, 5.74) is 0.551. The van der Waals surface area contributed by atoms with Gasteiger partial charge in [-0.2, -0.15) is 4.39 Å². The lowest BCUT2D eigenvalue weighted by molar-refractivity contribution is -0.0726. The van der Waals surface area contributed by atoms with Crippen LogP contribution in [0, 0.1) is 17.5 Å². The first kappa shape index (κ1) is 20.7. The van der Waals surface area contributed by atoms with Gasteiger partial charge in [-0.25, -0.2) is 8.78 Å². The van der Waals surface area contributed by atoms with Crippen molar-refractivity contribution in [3.05, 3.63) is 53.3 Å². The lowest BCUT2D eigenvalue weighted by Gasteiger charge is -2.28. The van der Waals surface area contributed by atoms with Gasteiger partial charge in [-0.15, -0.1) is 0 Å². The van der Waals surface area contributed by atoms with E-state index in [1.807, 2.05) is 6.92 Å². The summed E-state index contributed by atoms with van der Waals surface area (Å²) in [5.74, 6) is -2.99. The number of hydrogen-bond donors (Lipinski definition) is 0. The summed E-state index contributed by atoms with van der Waals surface area (Å²) in [5, 5.41) is 0. The van der Waals surface area contributed by atoms with E-state index in [0.717, 1.165) is 19.3 Å². The van der Waals surface area contributed by atoms with Crippen molar-refractivity contribution in [2.24, 2.45) is 0 Å². The number of halogens is 3. The van der Waals surface area contributed by atoms with E-state index in [1.54, 1.807) is 13.2 Å². The maximum atomic E-state index is 14.7. The Morgan fingerprint density at radius 3 is 2.46 bits per heavy atom. The highest BCUT2D eigenvalue weighted by Gasteiger charge is 2.24. The average molecular weight is 394 g/mol. The molecule has 0 aliphatic carbocycles. The molecule has 0 amide bonds. The fourth-order valence-corrected chi connectivity index (χ4v) is 3.30. The normalized spacial score (nSPS) is 19.6. The molecular weight excluding hydrogens is 369 g/mol. The molecule has 152 valence electrons. The molecule has 0 N–H and O–H groups in total. The Morgan fingerprint density at radius 2 is 1.82 bits per heavy atom. The molecule has 0 spiro atoms. The Labute approximate surface area is 163 Å². The molecule has 2 aromatic rings. The predicted octanol–water partition coefficient (Wildman–Crippen LogP) is 5.82. The van der Waals surface area contributed by atoms with E-state index in [2.05, 4.69) is 0 Å². The quantitative estimate of drug-likeness (QED) is 0.554. The van der Waals surface area contributed by atoms with Crippen molar-refractivity contribution in [2.45, 2.75) is 44.8 Å². The Morgan fingerprint density at radius 1 is 1.04 bits per heavy atom. The second kappa shape index (κ2) is 9.43. The van der Waals surface area contributed by atoms with E-state index in [-0.39, 0.29) is 29.1 Å². The minimum Gasteiger partial charge on any atom is -0.490 e. The zero-order valence-corrected chi connectivity index (χ0v) is 16.1. The molecule has 2 aromatic carbocycles. The maximum absolute atomic E-state index is 14.7. The first-order valence-electron chi connectivity index (χ1n) is 9.60. The highest BCUT2D eigenvalue weighted by molar-refractivity contribution is 5.66. The van der Waals surface area contributed by atoms with Crippen molar-refractivity contribution in [1.82, 2.24) is 0 Å². The molecule has 1 saturated heterocycles. The monoisotopic (exact) mass is 394 g/mol. The number of ether oxygens (including phenoxy) is 3. The molecule has 0 radical (unpaired) electrons. The van der Waals surface area contributed by atoms with E-state index < -0.39 is 17.5 Å². The van der Waals surface area contributed by atoms with Crippen LogP contribution in [0.15, 0.2) is 30.3 Å². The van der Waals surface area contributed by atoms with Crippen LogP contribution in [0.25, 0.3) is 11.1 Å². The molecule has 1 fully saturated rings. The van der Waals surface area contributed by atoms with E-state index in [0.29, 0.717) is 25.2 Å². The number of hydrogen-bond acceptors (Lipinski definition) is 3. The van der Waals surface area contributed by atoms with Crippen LogP contribution in [0.5, 0.6) is 5.75 Å². The highest BCUT2D eigenvalue weighted by atomic mass is 19.2. The molecule has 1 heterocycles. The first-order valence-corrected chi connectivity index (χ1v) is 9.60. The summed E-state index contributed by atoms with van der Waals surface area (Å²) < 4.78 is 59.7. The third kappa shape index (κ3) is 4.50. The topological polar surface area (TPSA) is 27.7 Å². The van der Waals surface area contributed by atoms with Crippen LogP contribution >= 0.6 is 0 Å². The van der Waals surface area contributed by atoms with Gasteiger partial charge in [-0.3, -0.25) is 0 Å². The molecular formula is C22H25F3O3. The van der Waals surface area contributed by atoms with Gasteiger partial charge in [0.1, 0.15) is 5.82 Å². The van der Waals surface area contributed by atoms with Crippen LogP contribution in [0.4, 0.5) is 13.2 Å².